The van der Waals surface area contributed by atoms with Crippen LogP contribution in [0.3, 0.4) is 0 Å². The molecule has 0 radical (unpaired) electrons. The zero-order valence-corrected chi connectivity index (χ0v) is 14.0. The summed E-state index contributed by atoms with van der Waals surface area (Å²) in [5.41, 5.74) is 5.50. The number of hydrogen-bond donors (Lipinski definition) is 2. The van der Waals surface area contributed by atoms with Gasteiger partial charge in [-0.3, -0.25) is 14.5 Å². The third-order valence-electron chi connectivity index (χ3n) is 3.27. The maximum absolute atomic E-state index is 11.9. The molecule has 0 bridgehead atoms. The normalized spacial score (nSPS) is 16.2. The molecule has 1 heterocycles. The van der Waals surface area contributed by atoms with Crippen LogP contribution in [-0.4, -0.2) is 67.4 Å². The van der Waals surface area contributed by atoms with Crippen LogP contribution >= 0.6 is 24.8 Å². The second kappa shape index (κ2) is 11.8. The van der Waals surface area contributed by atoms with Crippen LogP contribution in [0.5, 0.6) is 0 Å². The largest absolute Gasteiger partial charge is 0.352 e. The molecule has 1 atom stereocenters. The lowest BCUT2D eigenvalue weighted by molar-refractivity contribution is -0.136. The van der Waals surface area contributed by atoms with Crippen LogP contribution in [0.4, 0.5) is 0 Å². The lowest BCUT2D eigenvalue weighted by atomic mass is 10.1. The highest BCUT2D eigenvalue weighted by Crippen LogP contribution is 2.06. The van der Waals surface area contributed by atoms with E-state index < -0.39 is 0 Å². The summed E-state index contributed by atoms with van der Waals surface area (Å²) in [5, 5.41) is 2.75. The smallest absolute Gasteiger partial charge is 0.234 e. The van der Waals surface area contributed by atoms with Gasteiger partial charge in [-0.2, -0.15) is 0 Å². The molecule has 0 spiro atoms. The van der Waals surface area contributed by atoms with Crippen molar-refractivity contribution in [3.63, 3.8) is 0 Å². The Bertz CT molecular complexity index is 334. The molecule has 0 aromatic carbocycles. The predicted octanol–water partition coefficient (Wildman–Crippen LogP) is -0.129. The SMILES string of the molecule is C=CCNC(=O)CN1CCN(C(=O)C(C)CN)CC1.Cl.Cl. The zero-order valence-electron chi connectivity index (χ0n) is 12.4. The highest BCUT2D eigenvalue weighted by molar-refractivity contribution is 5.85. The fraction of sp³-hybridized carbons (Fsp3) is 0.692. The molecule has 1 aliphatic rings. The van der Waals surface area contributed by atoms with E-state index in [-0.39, 0.29) is 42.5 Å². The minimum Gasteiger partial charge on any atom is -0.352 e. The number of piperazine rings is 1. The van der Waals surface area contributed by atoms with E-state index in [1.165, 1.54) is 0 Å². The number of hydrogen-bond acceptors (Lipinski definition) is 4. The van der Waals surface area contributed by atoms with Gasteiger partial charge in [-0.15, -0.1) is 31.4 Å². The van der Waals surface area contributed by atoms with Gasteiger partial charge in [0.05, 0.1) is 6.54 Å². The van der Waals surface area contributed by atoms with Crippen molar-refractivity contribution in [3.05, 3.63) is 12.7 Å². The molecule has 3 N–H and O–H groups in total. The summed E-state index contributed by atoms with van der Waals surface area (Å²) < 4.78 is 0. The number of amides is 2. The fourth-order valence-corrected chi connectivity index (χ4v) is 1.98. The number of nitrogens with one attached hydrogen (secondary N) is 1. The Morgan fingerprint density at radius 1 is 1.29 bits per heavy atom. The molecular formula is C13H26Cl2N4O2. The maximum Gasteiger partial charge on any atom is 0.234 e. The first kappa shape index (κ1) is 22.5. The summed E-state index contributed by atoms with van der Waals surface area (Å²) in [4.78, 5) is 27.4. The molecular weight excluding hydrogens is 315 g/mol. The minimum absolute atomic E-state index is 0. The Balaban J connectivity index is 0. The second-order valence-corrected chi connectivity index (χ2v) is 4.83. The Kier molecular flexibility index (Phi) is 12.6. The first-order chi connectivity index (χ1) is 9.08. The van der Waals surface area contributed by atoms with Gasteiger partial charge in [-0.05, 0) is 0 Å². The molecule has 1 rings (SSSR count). The van der Waals surface area contributed by atoms with Crippen molar-refractivity contribution in [1.29, 1.82) is 0 Å². The standard InChI is InChI=1S/C13H24N4O2.2ClH/c1-3-4-15-12(18)10-16-5-7-17(8-6-16)13(19)11(2)9-14;;/h3,11H,1,4-10,14H2,2H3,(H,15,18);2*1H. The van der Waals surface area contributed by atoms with E-state index >= 15 is 0 Å². The van der Waals surface area contributed by atoms with Crippen molar-refractivity contribution in [3.8, 4) is 0 Å². The van der Waals surface area contributed by atoms with Crippen LogP contribution in [0.2, 0.25) is 0 Å². The lowest BCUT2D eigenvalue weighted by Gasteiger charge is -2.35. The number of nitrogens with two attached hydrogens (primary N) is 1. The summed E-state index contributed by atoms with van der Waals surface area (Å²) in [5.74, 6) is -0.0179. The second-order valence-electron chi connectivity index (χ2n) is 4.83. The van der Waals surface area contributed by atoms with Crippen LogP contribution in [-0.2, 0) is 9.59 Å². The molecule has 0 aromatic heterocycles. The topological polar surface area (TPSA) is 78.7 Å². The third-order valence-corrected chi connectivity index (χ3v) is 3.27. The highest BCUT2D eigenvalue weighted by atomic mass is 35.5. The molecule has 21 heavy (non-hydrogen) atoms. The van der Waals surface area contributed by atoms with E-state index in [2.05, 4.69) is 16.8 Å². The summed E-state index contributed by atoms with van der Waals surface area (Å²) in [6, 6.07) is 0. The monoisotopic (exact) mass is 340 g/mol. The van der Waals surface area contributed by atoms with E-state index in [4.69, 9.17) is 5.73 Å². The molecule has 1 unspecified atom stereocenters. The van der Waals surface area contributed by atoms with E-state index in [1.807, 2.05) is 11.8 Å². The molecule has 1 fully saturated rings. The average Bonchev–Trinajstić information content (AvgIpc) is 2.44. The Hall–Kier alpha value is -0.820. The molecule has 0 saturated carbocycles. The summed E-state index contributed by atoms with van der Waals surface area (Å²) in [6.45, 7) is 9.42. The van der Waals surface area contributed by atoms with Crippen LogP contribution in [0, 0.1) is 5.92 Å². The maximum atomic E-state index is 11.9. The van der Waals surface area contributed by atoms with E-state index in [0.717, 1.165) is 13.1 Å². The average molecular weight is 341 g/mol. The van der Waals surface area contributed by atoms with Gasteiger partial charge in [-0.1, -0.05) is 13.0 Å². The molecule has 6 nitrogen and oxygen atoms in total. The zero-order chi connectivity index (χ0) is 14.3. The van der Waals surface area contributed by atoms with E-state index in [1.54, 1.807) is 6.08 Å². The molecule has 0 aliphatic carbocycles. The lowest BCUT2D eigenvalue weighted by Crippen LogP contribution is -2.52. The van der Waals surface area contributed by atoms with Gasteiger partial charge >= 0.3 is 0 Å². The van der Waals surface area contributed by atoms with Crippen molar-refractivity contribution >= 4 is 36.6 Å². The number of carbonyl (C=O) groups is 2. The van der Waals surface area contributed by atoms with Crippen molar-refractivity contribution in [2.24, 2.45) is 11.7 Å². The van der Waals surface area contributed by atoms with Crippen molar-refractivity contribution in [2.75, 3.05) is 45.8 Å². The first-order valence-electron chi connectivity index (χ1n) is 6.67. The van der Waals surface area contributed by atoms with Crippen LogP contribution in [0.1, 0.15) is 6.92 Å². The van der Waals surface area contributed by atoms with E-state index in [9.17, 15) is 9.59 Å². The number of nitrogens with zero attached hydrogens (tertiary/aromatic N) is 2. The van der Waals surface area contributed by atoms with Crippen LogP contribution in [0.15, 0.2) is 12.7 Å². The Morgan fingerprint density at radius 2 is 1.86 bits per heavy atom. The van der Waals surface area contributed by atoms with Crippen LogP contribution < -0.4 is 11.1 Å². The van der Waals surface area contributed by atoms with Gasteiger partial charge in [0.1, 0.15) is 0 Å². The quantitative estimate of drug-likeness (QED) is 0.660. The van der Waals surface area contributed by atoms with Crippen molar-refractivity contribution in [2.45, 2.75) is 6.92 Å². The van der Waals surface area contributed by atoms with E-state index in [0.29, 0.717) is 32.7 Å². The van der Waals surface area contributed by atoms with Gasteiger partial charge in [-0.25, -0.2) is 0 Å². The van der Waals surface area contributed by atoms with Gasteiger partial charge in [0.15, 0.2) is 0 Å². The predicted molar refractivity (Wildman–Crippen MR) is 88.9 cm³/mol. The van der Waals surface area contributed by atoms with Crippen molar-refractivity contribution in [1.82, 2.24) is 15.1 Å². The summed E-state index contributed by atoms with van der Waals surface area (Å²) in [7, 11) is 0. The van der Waals surface area contributed by atoms with Crippen molar-refractivity contribution < 1.29 is 9.59 Å². The minimum atomic E-state index is -0.123. The van der Waals surface area contributed by atoms with Crippen LogP contribution in [0.25, 0.3) is 0 Å². The summed E-state index contributed by atoms with van der Waals surface area (Å²) in [6.07, 6.45) is 1.66. The molecule has 124 valence electrons. The number of rotatable bonds is 6. The Labute approximate surface area is 138 Å². The molecule has 0 aromatic rings. The molecule has 1 aliphatic heterocycles. The van der Waals surface area contributed by atoms with Gasteiger partial charge in [0, 0.05) is 45.2 Å². The molecule has 1 saturated heterocycles. The fourth-order valence-electron chi connectivity index (χ4n) is 1.98. The number of carbonyl (C=O) groups excluding carboxylic acids is 2. The molecule has 2 amide bonds. The van der Waals surface area contributed by atoms with Gasteiger partial charge in [0.25, 0.3) is 0 Å². The van der Waals surface area contributed by atoms with Gasteiger partial charge in [0.2, 0.25) is 11.8 Å². The third kappa shape index (κ3) is 7.66. The summed E-state index contributed by atoms with van der Waals surface area (Å²) >= 11 is 0. The first-order valence-corrected chi connectivity index (χ1v) is 6.67. The molecule has 8 heteroatoms. The number of halogens is 2. The van der Waals surface area contributed by atoms with Gasteiger partial charge < -0.3 is 16.0 Å². The highest BCUT2D eigenvalue weighted by Gasteiger charge is 2.24. The Morgan fingerprint density at radius 3 is 2.33 bits per heavy atom.